The summed E-state index contributed by atoms with van der Waals surface area (Å²) in [6, 6.07) is 20.9. The Labute approximate surface area is 204 Å². The number of thioether (sulfide) groups is 1. The maximum absolute atomic E-state index is 13.2. The van der Waals surface area contributed by atoms with E-state index in [9.17, 15) is 9.59 Å². The zero-order valence-electron chi connectivity index (χ0n) is 19.3. The number of hydrogen-bond acceptors (Lipinski definition) is 5. The number of fused-ring (bicyclic) bond motifs is 1. The van der Waals surface area contributed by atoms with Crippen LogP contribution in [0, 0.1) is 0 Å². The van der Waals surface area contributed by atoms with Crippen LogP contribution in [0.1, 0.15) is 40.4 Å². The number of carbonyl (C=O) groups is 2. The van der Waals surface area contributed by atoms with Crippen molar-refractivity contribution in [1.82, 2.24) is 5.32 Å². The Balaban J connectivity index is 1.40. The van der Waals surface area contributed by atoms with Crippen LogP contribution in [0.2, 0.25) is 0 Å². The van der Waals surface area contributed by atoms with Gasteiger partial charge in [0.1, 0.15) is 0 Å². The van der Waals surface area contributed by atoms with Gasteiger partial charge in [0, 0.05) is 16.6 Å². The maximum Gasteiger partial charge on any atom is 0.252 e. The molecule has 2 N–H and O–H groups in total. The van der Waals surface area contributed by atoms with Crippen molar-refractivity contribution in [2.24, 2.45) is 0 Å². The summed E-state index contributed by atoms with van der Waals surface area (Å²) in [5.41, 5.74) is 3.69. The SMILES string of the molecule is COc1ccc(NC(=O)CSc2ccccc2C(=O)N[C@@H]2CCCc3ccccc32)cc1OC. The summed E-state index contributed by atoms with van der Waals surface area (Å²) in [6.07, 6.45) is 3.02. The van der Waals surface area contributed by atoms with Gasteiger partial charge in [-0.25, -0.2) is 0 Å². The first-order valence-corrected chi connectivity index (χ1v) is 12.2. The Morgan fingerprint density at radius 3 is 2.56 bits per heavy atom. The van der Waals surface area contributed by atoms with Gasteiger partial charge in [0.25, 0.3) is 5.91 Å². The molecular formula is C27H28N2O4S. The molecule has 0 aromatic heterocycles. The second-order valence-corrected chi connectivity index (χ2v) is 9.04. The van der Waals surface area contributed by atoms with Gasteiger partial charge in [-0.3, -0.25) is 9.59 Å². The van der Waals surface area contributed by atoms with Crippen LogP contribution in [-0.2, 0) is 11.2 Å². The molecule has 0 spiro atoms. The van der Waals surface area contributed by atoms with E-state index in [-0.39, 0.29) is 23.6 Å². The normalized spacial score (nSPS) is 14.6. The molecule has 0 unspecified atom stereocenters. The van der Waals surface area contributed by atoms with E-state index in [0.717, 1.165) is 24.2 Å². The average Bonchev–Trinajstić information content (AvgIpc) is 2.87. The molecule has 0 saturated heterocycles. The summed E-state index contributed by atoms with van der Waals surface area (Å²) in [7, 11) is 3.11. The van der Waals surface area contributed by atoms with Gasteiger partial charge < -0.3 is 20.1 Å². The van der Waals surface area contributed by atoms with E-state index in [1.807, 2.05) is 30.3 Å². The van der Waals surface area contributed by atoms with Crippen molar-refractivity contribution in [2.45, 2.75) is 30.2 Å². The molecule has 2 amide bonds. The Kier molecular flexibility index (Phi) is 7.75. The molecule has 3 aromatic rings. The number of amides is 2. The molecule has 1 aliphatic rings. The monoisotopic (exact) mass is 476 g/mol. The highest BCUT2D eigenvalue weighted by atomic mass is 32.2. The number of anilines is 1. The fourth-order valence-electron chi connectivity index (χ4n) is 4.17. The van der Waals surface area contributed by atoms with E-state index in [0.29, 0.717) is 22.7 Å². The van der Waals surface area contributed by atoms with Crippen molar-refractivity contribution in [2.75, 3.05) is 25.3 Å². The Morgan fingerprint density at radius 2 is 1.74 bits per heavy atom. The Bertz CT molecular complexity index is 1180. The van der Waals surface area contributed by atoms with Crippen molar-refractivity contribution in [3.63, 3.8) is 0 Å². The van der Waals surface area contributed by atoms with Gasteiger partial charge in [-0.1, -0.05) is 36.4 Å². The highest BCUT2D eigenvalue weighted by Gasteiger charge is 2.23. The van der Waals surface area contributed by atoms with E-state index in [4.69, 9.17) is 9.47 Å². The number of benzene rings is 3. The molecule has 7 heteroatoms. The minimum Gasteiger partial charge on any atom is -0.493 e. The van der Waals surface area contributed by atoms with Crippen LogP contribution in [0.5, 0.6) is 11.5 Å². The van der Waals surface area contributed by atoms with Crippen LogP contribution in [0.15, 0.2) is 71.6 Å². The topological polar surface area (TPSA) is 76.7 Å². The quantitative estimate of drug-likeness (QED) is 0.435. The zero-order valence-corrected chi connectivity index (χ0v) is 20.1. The predicted molar refractivity (Wildman–Crippen MR) is 135 cm³/mol. The first-order valence-electron chi connectivity index (χ1n) is 11.2. The van der Waals surface area contributed by atoms with Gasteiger partial charge in [0.05, 0.1) is 31.6 Å². The molecule has 0 bridgehead atoms. The van der Waals surface area contributed by atoms with Crippen LogP contribution in [0.25, 0.3) is 0 Å². The predicted octanol–water partition coefficient (Wildman–Crippen LogP) is 5.24. The molecule has 4 rings (SSSR count). The molecule has 1 aliphatic carbocycles. The number of nitrogens with one attached hydrogen (secondary N) is 2. The molecular weight excluding hydrogens is 448 g/mol. The van der Waals surface area contributed by atoms with Crippen LogP contribution >= 0.6 is 11.8 Å². The first-order chi connectivity index (χ1) is 16.6. The van der Waals surface area contributed by atoms with Gasteiger partial charge in [0.2, 0.25) is 5.91 Å². The molecule has 0 aliphatic heterocycles. The number of aryl methyl sites for hydroxylation is 1. The smallest absolute Gasteiger partial charge is 0.252 e. The lowest BCUT2D eigenvalue weighted by Gasteiger charge is -2.26. The molecule has 0 radical (unpaired) electrons. The fraction of sp³-hybridized carbons (Fsp3) is 0.259. The minimum atomic E-state index is -0.173. The Hall–Kier alpha value is -3.45. The highest BCUT2D eigenvalue weighted by Crippen LogP contribution is 2.32. The minimum absolute atomic E-state index is 0.00357. The van der Waals surface area contributed by atoms with E-state index in [1.54, 1.807) is 38.5 Å². The average molecular weight is 477 g/mol. The van der Waals surface area contributed by atoms with Crippen molar-refractivity contribution < 1.29 is 19.1 Å². The summed E-state index contributed by atoms with van der Waals surface area (Å²) in [4.78, 5) is 26.5. The number of ether oxygens (including phenoxy) is 2. The van der Waals surface area contributed by atoms with Crippen LogP contribution in [0.4, 0.5) is 5.69 Å². The van der Waals surface area contributed by atoms with Gasteiger partial charge in [-0.15, -0.1) is 11.8 Å². The van der Waals surface area contributed by atoms with Crippen molar-refractivity contribution in [3.8, 4) is 11.5 Å². The van der Waals surface area contributed by atoms with Crippen molar-refractivity contribution in [1.29, 1.82) is 0 Å². The molecule has 0 saturated carbocycles. The molecule has 0 fully saturated rings. The lowest BCUT2D eigenvalue weighted by atomic mass is 9.87. The molecule has 3 aromatic carbocycles. The second kappa shape index (κ2) is 11.1. The number of carbonyl (C=O) groups excluding carboxylic acids is 2. The summed E-state index contributed by atoms with van der Waals surface area (Å²) < 4.78 is 10.5. The van der Waals surface area contributed by atoms with Crippen molar-refractivity contribution in [3.05, 3.63) is 83.4 Å². The molecule has 176 valence electrons. The van der Waals surface area contributed by atoms with E-state index in [2.05, 4.69) is 22.8 Å². The van der Waals surface area contributed by atoms with Crippen LogP contribution < -0.4 is 20.1 Å². The summed E-state index contributed by atoms with van der Waals surface area (Å²) in [5, 5.41) is 6.07. The van der Waals surface area contributed by atoms with Crippen LogP contribution in [-0.4, -0.2) is 31.8 Å². The summed E-state index contributed by atoms with van der Waals surface area (Å²) in [5.74, 6) is 1.01. The van der Waals surface area contributed by atoms with Gasteiger partial charge >= 0.3 is 0 Å². The standard InChI is InChI=1S/C27H28N2O4S/c1-32-23-15-14-19(16-24(23)33-2)28-26(30)17-34-25-13-6-5-11-21(25)27(31)29-22-12-7-9-18-8-3-4-10-20(18)22/h3-6,8,10-11,13-16,22H,7,9,12,17H2,1-2H3,(H,28,30)(H,29,31)/t22-/m1/s1. The maximum atomic E-state index is 13.2. The lowest BCUT2D eigenvalue weighted by molar-refractivity contribution is -0.113. The zero-order chi connectivity index (χ0) is 23.9. The van der Waals surface area contributed by atoms with Crippen LogP contribution in [0.3, 0.4) is 0 Å². The van der Waals surface area contributed by atoms with Gasteiger partial charge in [-0.2, -0.15) is 0 Å². The first kappa shape index (κ1) is 23.7. The van der Waals surface area contributed by atoms with E-state index in [1.165, 1.54) is 22.9 Å². The van der Waals surface area contributed by atoms with E-state index < -0.39 is 0 Å². The van der Waals surface area contributed by atoms with Crippen molar-refractivity contribution >= 4 is 29.3 Å². The Morgan fingerprint density at radius 1 is 0.971 bits per heavy atom. The third-order valence-electron chi connectivity index (χ3n) is 5.83. The van der Waals surface area contributed by atoms with Gasteiger partial charge in [0.15, 0.2) is 11.5 Å². The number of methoxy groups -OCH3 is 2. The second-order valence-electron chi connectivity index (χ2n) is 8.02. The highest BCUT2D eigenvalue weighted by molar-refractivity contribution is 8.00. The molecule has 34 heavy (non-hydrogen) atoms. The molecule has 6 nitrogen and oxygen atoms in total. The van der Waals surface area contributed by atoms with Gasteiger partial charge in [-0.05, 0) is 54.7 Å². The number of rotatable bonds is 8. The van der Waals surface area contributed by atoms with E-state index >= 15 is 0 Å². The fourth-order valence-corrected chi connectivity index (χ4v) is 5.02. The molecule has 0 heterocycles. The number of hydrogen-bond donors (Lipinski definition) is 2. The summed E-state index contributed by atoms with van der Waals surface area (Å²) in [6.45, 7) is 0. The summed E-state index contributed by atoms with van der Waals surface area (Å²) >= 11 is 1.34. The molecule has 1 atom stereocenters. The third-order valence-corrected chi connectivity index (χ3v) is 6.91. The largest absolute Gasteiger partial charge is 0.493 e. The lowest BCUT2D eigenvalue weighted by Crippen LogP contribution is -2.31. The third kappa shape index (κ3) is 5.54.